The van der Waals surface area contributed by atoms with Crippen LogP contribution >= 0.6 is 11.6 Å². The maximum absolute atomic E-state index is 10.5. The van der Waals surface area contributed by atoms with Gasteiger partial charge in [0.05, 0.1) is 17.1 Å². The number of aromatic nitrogens is 1. The van der Waals surface area contributed by atoms with Crippen molar-refractivity contribution in [2.24, 2.45) is 0 Å². The Hall–Kier alpha value is -1.40. The van der Waals surface area contributed by atoms with Crippen LogP contribution in [0.25, 0.3) is 0 Å². The van der Waals surface area contributed by atoms with Crippen LogP contribution in [0.3, 0.4) is 0 Å². The molecule has 0 amide bonds. The molecular weight excluding hydrogens is 234 g/mol. The van der Waals surface area contributed by atoms with Gasteiger partial charge in [0.1, 0.15) is 11.8 Å². The minimum atomic E-state index is -0.535. The molecule has 0 radical (unpaired) electrons. The molecule has 7 heteroatoms. The summed E-state index contributed by atoms with van der Waals surface area (Å²) in [5, 5.41) is 10.6. The summed E-state index contributed by atoms with van der Waals surface area (Å²) in [5.41, 5.74) is -0.125. The lowest BCUT2D eigenvalue weighted by Crippen LogP contribution is -2.19. The van der Waals surface area contributed by atoms with Crippen molar-refractivity contribution < 1.29 is 9.66 Å². The van der Waals surface area contributed by atoms with Crippen molar-refractivity contribution >= 4 is 17.3 Å². The van der Waals surface area contributed by atoms with Crippen LogP contribution in [0.4, 0.5) is 5.69 Å². The third-order valence-electron chi connectivity index (χ3n) is 1.75. The second-order valence-electron chi connectivity index (χ2n) is 3.40. The smallest absolute Gasteiger partial charge is 0.277 e. The van der Waals surface area contributed by atoms with Gasteiger partial charge in [-0.15, -0.1) is 0 Å². The van der Waals surface area contributed by atoms with E-state index < -0.39 is 4.92 Å². The first-order chi connectivity index (χ1) is 7.49. The minimum absolute atomic E-state index is 0.0500. The van der Waals surface area contributed by atoms with E-state index in [0.29, 0.717) is 13.2 Å². The van der Waals surface area contributed by atoms with Crippen molar-refractivity contribution in [2.75, 3.05) is 27.2 Å². The van der Waals surface area contributed by atoms with E-state index in [-0.39, 0.29) is 16.7 Å². The number of halogens is 1. The quantitative estimate of drug-likeness (QED) is 0.448. The van der Waals surface area contributed by atoms with E-state index in [1.165, 1.54) is 12.1 Å². The normalized spacial score (nSPS) is 10.5. The van der Waals surface area contributed by atoms with E-state index in [9.17, 15) is 10.1 Å². The maximum Gasteiger partial charge on any atom is 0.277 e. The van der Waals surface area contributed by atoms with Crippen LogP contribution in [-0.2, 0) is 0 Å². The molecule has 0 spiro atoms. The van der Waals surface area contributed by atoms with Crippen molar-refractivity contribution in [3.63, 3.8) is 0 Å². The molecule has 0 aromatic carbocycles. The van der Waals surface area contributed by atoms with E-state index in [0.717, 1.165) is 0 Å². The molecular formula is C9H12ClN3O3. The monoisotopic (exact) mass is 245 g/mol. The second kappa shape index (κ2) is 5.62. The van der Waals surface area contributed by atoms with Gasteiger partial charge >= 0.3 is 0 Å². The van der Waals surface area contributed by atoms with Crippen LogP contribution in [0.15, 0.2) is 12.1 Å². The summed E-state index contributed by atoms with van der Waals surface area (Å²) in [6, 6.07) is 2.43. The Labute approximate surface area is 97.9 Å². The Morgan fingerprint density at radius 3 is 2.81 bits per heavy atom. The molecule has 1 heterocycles. The number of rotatable bonds is 5. The number of hydrogen-bond acceptors (Lipinski definition) is 5. The van der Waals surface area contributed by atoms with Crippen LogP contribution < -0.4 is 4.74 Å². The third kappa shape index (κ3) is 4.00. The topological polar surface area (TPSA) is 68.5 Å². The molecule has 1 aromatic rings. The van der Waals surface area contributed by atoms with Crippen molar-refractivity contribution in [2.45, 2.75) is 0 Å². The molecule has 0 atom stereocenters. The molecule has 1 aromatic heterocycles. The standard InChI is InChI=1S/C9H12ClN3O3/c1-12(2)3-4-16-9-6-7(13(14)15)5-8(10)11-9/h5-6H,3-4H2,1-2H3. The largest absolute Gasteiger partial charge is 0.476 e. The van der Waals surface area contributed by atoms with Crippen molar-refractivity contribution in [1.29, 1.82) is 0 Å². The molecule has 6 nitrogen and oxygen atoms in total. The first-order valence-electron chi connectivity index (χ1n) is 4.58. The minimum Gasteiger partial charge on any atom is -0.476 e. The molecule has 1 rings (SSSR count). The van der Waals surface area contributed by atoms with E-state index in [4.69, 9.17) is 16.3 Å². The van der Waals surface area contributed by atoms with Gasteiger partial charge in [-0.05, 0) is 14.1 Å². The molecule has 0 N–H and O–H groups in total. The first kappa shape index (κ1) is 12.7. The van der Waals surface area contributed by atoms with Gasteiger partial charge in [-0.25, -0.2) is 4.98 Å². The van der Waals surface area contributed by atoms with Crippen molar-refractivity contribution in [3.8, 4) is 5.88 Å². The fourth-order valence-electron chi connectivity index (χ4n) is 0.972. The SMILES string of the molecule is CN(C)CCOc1cc([N+](=O)[O-])cc(Cl)n1. The molecule has 88 valence electrons. The van der Waals surface area contributed by atoms with Crippen LogP contribution in [-0.4, -0.2) is 42.1 Å². The summed E-state index contributed by atoms with van der Waals surface area (Å²) >= 11 is 5.63. The number of nitro groups is 1. The number of ether oxygens (including phenoxy) is 1. The number of pyridine rings is 1. The molecule has 0 bridgehead atoms. The zero-order valence-electron chi connectivity index (χ0n) is 9.01. The van der Waals surface area contributed by atoms with E-state index in [1.54, 1.807) is 0 Å². The highest BCUT2D eigenvalue weighted by Crippen LogP contribution is 2.21. The summed E-state index contributed by atoms with van der Waals surface area (Å²) in [7, 11) is 3.80. The summed E-state index contributed by atoms with van der Waals surface area (Å²) in [6.07, 6.45) is 0. The number of likely N-dealkylation sites (N-methyl/N-ethyl adjacent to an activating group) is 1. The average molecular weight is 246 g/mol. The molecule has 0 fully saturated rings. The first-order valence-corrected chi connectivity index (χ1v) is 4.96. The van der Waals surface area contributed by atoms with Crippen LogP contribution in [0.2, 0.25) is 5.15 Å². The molecule has 16 heavy (non-hydrogen) atoms. The highest BCUT2D eigenvalue weighted by molar-refractivity contribution is 6.29. The van der Waals surface area contributed by atoms with Crippen molar-refractivity contribution in [3.05, 3.63) is 27.4 Å². The van der Waals surface area contributed by atoms with Gasteiger partial charge in [0.2, 0.25) is 5.88 Å². The molecule has 0 aliphatic rings. The predicted molar refractivity (Wildman–Crippen MR) is 60.0 cm³/mol. The predicted octanol–water partition coefficient (Wildman–Crippen LogP) is 1.58. The van der Waals surface area contributed by atoms with Crippen LogP contribution in [0.5, 0.6) is 5.88 Å². The molecule has 0 unspecified atom stereocenters. The third-order valence-corrected chi connectivity index (χ3v) is 1.95. The fraction of sp³-hybridized carbons (Fsp3) is 0.444. The Balaban J connectivity index is 2.69. The molecule has 0 saturated heterocycles. The number of nitrogens with zero attached hydrogens (tertiary/aromatic N) is 3. The zero-order valence-corrected chi connectivity index (χ0v) is 9.77. The Kier molecular flexibility index (Phi) is 4.45. The van der Waals surface area contributed by atoms with Gasteiger partial charge in [0, 0.05) is 6.54 Å². The number of hydrogen-bond donors (Lipinski definition) is 0. The lowest BCUT2D eigenvalue weighted by molar-refractivity contribution is -0.385. The van der Waals surface area contributed by atoms with Crippen molar-refractivity contribution in [1.82, 2.24) is 9.88 Å². The van der Waals surface area contributed by atoms with Crippen LogP contribution in [0.1, 0.15) is 0 Å². The molecule has 0 saturated carbocycles. The maximum atomic E-state index is 10.5. The van der Waals surface area contributed by atoms with Gasteiger partial charge in [-0.2, -0.15) is 0 Å². The van der Waals surface area contributed by atoms with Gasteiger partial charge in [-0.1, -0.05) is 11.6 Å². The summed E-state index contributed by atoms with van der Waals surface area (Å²) in [4.78, 5) is 15.8. The lowest BCUT2D eigenvalue weighted by Gasteiger charge is -2.10. The highest BCUT2D eigenvalue weighted by atomic mass is 35.5. The molecule has 0 aliphatic carbocycles. The fourth-order valence-corrected chi connectivity index (χ4v) is 1.17. The second-order valence-corrected chi connectivity index (χ2v) is 3.78. The average Bonchev–Trinajstić information content (AvgIpc) is 2.16. The Morgan fingerprint density at radius 1 is 1.56 bits per heavy atom. The van der Waals surface area contributed by atoms with E-state index in [2.05, 4.69) is 4.98 Å². The van der Waals surface area contributed by atoms with E-state index >= 15 is 0 Å². The zero-order chi connectivity index (χ0) is 12.1. The lowest BCUT2D eigenvalue weighted by atomic mass is 10.4. The Bertz CT molecular complexity index is 384. The van der Waals surface area contributed by atoms with E-state index in [1.807, 2.05) is 19.0 Å². The van der Waals surface area contributed by atoms with Crippen LogP contribution in [0, 0.1) is 10.1 Å². The van der Waals surface area contributed by atoms with Gasteiger partial charge < -0.3 is 9.64 Å². The summed E-state index contributed by atoms with van der Waals surface area (Å²) in [6.45, 7) is 1.10. The molecule has 0 aliphatic heterocycles. The summed E-state index contributed by atoms with van der Waals surface area (Å²) in [5.74, 6) is 0.168. The Morgan fingerprint density at radius 2 is 2.25 bits per heavy atom. The summed E-state index contributed by atoms with van der Waals surface area (Å²) < 4.78 is 5.25. The van der Waals surface area contributed by atoms with Gasteiger partial charge in [0.25, 0.3) is 5.69 Å². The highest BCUT2D eigenvalue weighted by Gasteiger charge is 2.10. The van der Waals surface area contributed by atoms with Gasteiger partial charge in [0.15, 0.2) is 0 Å². The van der Waals surface area contributed by atoms with Gasteiger partial charge in [-0.3, -0.25) is 10.1 Å².